The lowest BCUT2D eigenvalue weighted by molar-refractivity contribution is 0.0947. The molecule has 0 aliphatic carbocycles. The number of aryl methyl sites for hydroxylation is 2. The predicted octanol–water partition coefficient (Wildman–Crippen LogP) is 3.96. The Kier molecular flexibility index (Phi) is 6.24. The molecular formula is C21H24BrN3O3. The summed E-state index contributed by atoms with van der Waals surface area (Å²) in [6.45, 7) is 4.51. The highest BCUT2D eigenvalue weighted by Crippen LogP contribution is 2.27. The predicted molar refractivity (Wildman–Crippen MR) is 113 cm³/mol. The van der Waals surface area contributed by atoms with Crippen molar-refractivity contribution in [3.63, 3.8) is 0 Å². The van der Waals surface area contributed by atoms with Gasteiger partial charge < -0.3 is 14.8 Å². The van der Waals surface area contributed by atoms with Gasteiger partial charge >= 0.3 is 0 Å². The maximum atomic E-state index is 12.9. The quantitative estimate of drug-likeness (QED) is 0.597. The van der Waals surface area contributed by atoms with Crippen LogP contribution in [0, 0.1) is 6.92 Å². The first kappa shape index (κ1) is 20.2. The second-order valence-electron chi connectivity index (χ2n) is 6.51. The number of ether oxygens (including phenoxy) is 2. The number of hydrogen-bond donors (Lipinski definition) is 1. The highest BCUT2D eigenvalue weighted by Gasteiger charge is 2.19. The van der Waals surface area contributed by atoms with Crippen molar-refractivity contribution in [3.05, 3.63) is 57.4 Å². The van der Waals surface area contributed by atoms with Crippen molar-refractivity contribution in [2.75, 3.05) is 20.8 Å². The van der Waals surface area contributed by atoms with Gasteiger partial charge in [0.2, 0.25) is 0 Å². The summed E-state index contributed by atoms with van der Waals surface area (Å²) in [6.07, 6.45) is 3.31. The molecule has 0 fully saturated rings. The number of imidazole rings is 1. The zero-order valence-corrected chi connectivity index (χ0v) is 18.1. The SMILES string of the molecule is CCc1nc2c(Br)cc(C)cn2c1C(=O)NCCc1ccc(OC)c(OC)c1. The third kappa shape index (κ3) is 3.99. The summed E-state index contributed by atoms with van der Waals surface area (Å²) in [5.74, 6) is 1.25. The van der Waals surface area contributed by atoms with E-state index in [1.165, 1.54) is 0 Å². The highest BCUT2D eigenvalue weighted by molar-refractivity contribution is 9.10. The molecule has 3 rings (SSSR count). The number of carbonyl (C=O) groups is 1. The normalized spacial score (nSPS) is 10.9. The molecule has 28 heavy (non-hydrogen) atoms. The van der Waals surface area contributed by atoms with Gasteiger partial charge in [-0.15, -0.1) is 0 Å². The number of pyridine rings is 1. The maximum absolute atomic E-state index is 12.9. The molecule has 1 amide bonds. The van der Waals surface area contributed by atoms with Crippen molar-refractivity contribution in [1.29, 1.82) is 0 Å². The number of hydrogen-bond acceptors (Lipinski definition) is 4. The third-order valence-corrected chi connectivity index (χ3v) is 5.16. The lowest BCUT2D eigenvalue weighted by atomic mass is 10.1. The highest BCUT2D eigenvalue weighted by atomic mass is 79.9. The van der Waals surface area contributed by atoms with Crippen LogP contribution in [0.15, 0.2) is 34.9 Å². The summed E-state index contributed by atoms with van der Waals surface area (Å²) >= 11 is 3.54. The maximum Gasteiger partial charge on any atom is 0.270 e. The molecule has 2 aromatic heterocycles. The molecule has 0 radical (unpaired) electrons. The Morgan fingerprint density at radius 3 is 2.64 bits per heavy atom. The van der Waals surface area contributed by atoms with Crippen LogP contribution in [0.1, 0.15) is 34.2 Å². The van der Waals surface area contributed by atoms with Crippen LogP contribution < -0.4 is 14.8 Å². The summed E-state index contributed by atoms with van der Waals surface area (Å²) < 4.78 is 13.3. The molecule has 0 aliphatic rings. The van der Waals surface area contributed by atoms with Crippen LogP contribution in [0.5, 0.6) is 11.5 Å². The topological polar surface area (TPSA) is 64.9 Å². The molecule has 0 atom stereocenters. The van der Waals surface area contributed by atoms with Gasteiger partial charge in [-0.25, -0.2) is 4.98 Å². The lowest BCUT2D eigenvalue weighted by Gasteiger charge is -2.10. The van der Waals surface area contributed by atoms with Crippen LogP contribution >= 0.6 is 15.9 Å². The molecular weight excluding hydrogens is 422 g/mol. The van der Waals surface area contributed by atoms with E-state index in [-0.39, 0.29) is 5.91 Å². The molecule has 7 heteroatoms. The van der Waals surface area contributed by atoms with E-state index >= 15 is 0 Å². The minimum atomic E-state index is -0.123. The van der Waals surface area contributed by atoms with Gasteiger partial charge in [0.1, 0.15) is 5.69 Å². The number of carbonyl (C=O) groups excluding carboxylic acids is 1. The fourth-order valence-corrected chi connectivity index (χ4v) is 3.85. The minimum absolute atomic E-state index is 0.123. The number of aromatic nitrogens is 2. The first-order valence-corrected chi connectivity index (χ1v) is 9.94. The van der Waals surface area contributed by atoms with Gasteiger partial charge in [0.15, 0.2) is 17.1 Å². The van der Waals surface area contributed by atoms with Crippen LogP contribution in [0.25, 0.3) is 5.65 Å². The van der Waals surface area contributed by atoms with Gasteiger partial charge in [0.05, 0.1) is 24.4 Å². The number of fused-ring (bicyclic) bond motifs is 1. The number of rotatable bonds is 7. The van der Waals surface area contributed by atoms with Crippen LogP contribution in [-0.4, -0.2) is 36.1 Å². The van der Waals surface area contributed by atoms with E-state index in [9.17, 15) is 4.79 Å². The standard InChI is InChI=1S/C21H24BrN3O3/c1-5-16-19(25-12-13(2)10-15(22)20(25)24-16)21(26)23-9-8-14-6-7-17(27-3)18(11-14)28-4/h6-7,10-12H,5,8-9H2,1-4H3,(H,23,26). The van der Waals surface area contributed by atoms with Crippen molar-refractivity contribution >= 4 is 27.5 Å². The van der Waals surface area contributed by atoms with E-state index in [1.54, 1.807) is 14.2 Å². The summed E-state index contributed by atoms with van der Waals surface area (Å²) in [6, 6.07) is 7.77. The monoisotopic (exact) mass is 445 g/mol. The molecule has 0 bridgehead atoms. The van der Waals surface area contributed by atoms with Crippen LogP contribution in [0.2, 0.25) is 0 Å². The van der Waals surface area contributed by atoms with Crippen molar-refractivity contribution in [2.24, 2.45) is 0 Å². The largest absolute Gasteiger partial charge is 0.493 e. The lowest BCUT2D eigenvalue weighted by Crippen LogP contribution is -2.27. The van der Waals surface area contributed by atoms with Gasteiger partial charge in [-0.3, -0.25) is 9.20 Å². The molecule has 0 unspecified atom stereocenters. The van der Waals surface area contributed by atoms with E-state index in [1.807, 2.05) is 48.7 Å². The summed E-state index contributed by atoms with van der Waals surface area (Å²) in [5, 5.41) is 3.02. The van der Waals surface area contributed by atoms with Crippen LogP contribution in [0.4, 0.5) is 0 Å². The molecule has 0 saturated carbocycles. The Morgan fingerprint density at radius 2 is 1.96 bits per heavy atom. The smallest absolute Gasteiger partial charge is 0.270 e. The molecule has 2 heterocycles. The van der Waals surface area contributed by atoms with Crippen LogP contribution in [0.3, 0.4) is 0 Å². The summed E-state index contributed by atoms with van der Waals surface area (Å²) in [5.41, 5.74) is 4.25. The second-order valence-corrected chi connectivity index (χ2v) is 7.37. The first-order valence-electron chi connectivity index (χ1n) is 9.14. The van der Waals surface area contributed by atoms with Gasteiger partial charge in [0, 0.05) is 12.7 Å². The first-order chi connectivity index (χ1) is 13.5. The van der Waals surface area contributed by atoms with Gasteiger partial charge in [0.25, 0.3) is 5.91 Å². The average molecular weight is 446 g/mol. The molecule has 0 aliphatic heterocycles. The van der Waals surface area contributed by atoms with Gasteiger partial charge in [-0.1, -0.05) is 13.0 Å². The Labute approximate surface area is 173 Å². The van der Waals surface area contributed by atoms with E-state index in [0.29, 0.717) is 36.6 Å². The van der Waals surface area contributed by atoms with Crippen molar-refractivity contribution < 1.29 is 14.3 Å². The minimum Gasteiger partial charge on any atom is -0.493 e. The number of methoxy groups -OCH3 is 2. The van der Waals surface area contributed by atoms with Gasteiger partial charge in [-0.2, -0.15) is 0 Å². The fourth-order valence-electron chi connectivity index (χ4n) is 3.21. The number of nitrogens with zero attached hydrogens (tertiary/aromatic N) is 2. The van der Waals surface area contributed by atoms with E-state index in [4.69, 9.17) is 9.47 Å². The van der Waals surface area contributed by atoms with Crippen molar-refractivity contribution in [3.8, 4) is 11.5 Å². The number of amides is 1. The average Bonchev–Trinajstić information content (AvgIpc) is 3.06. The molecule has 3 aromatic rings. The molecule has 0 saturated heterocycles. The molecule has 1 aromatic carbocycles. The molecule has 6 nitrogen and oxygen atoms in total. The van der Waals surface area contributed by atoms with E-state index in [2.05, 4.69) is 26.2 Å². The Hall–Kier alpha value is -2.54. The summed E-state index contributed by atoms with van der Waals surface area (Å²) in [4.78, 5) is 17.5. The van der Waals surface area contributed by atoms with Gasteiger partial charge in [-0.05, 0) is 65.0 Å². The fraction of sp³-hybridized carbons (Fsp3) is 0.333. The molecule has 0 spiro atoms. The zero-order valence-electron chi connectivity index (χ0n) is 16.5. The van der Waals surface area contributed by atoms with Crippen molar-refractivity contribution in [1.82, 2.24) is 14.7 Å². The third-order valence-electron chi connectivity index (χ3n) is 4.58. The Balaban J connectivity index is 1.77. The molecule has 1 N–H and O–H groups in total. The van der Waals surface area contributed by atoms with E-state index < -0.39 is 0 Å². The Morgan fingerprint density at radius 1 is 1.21 bits per heavy atom. The summed E-state index contributed by atoms with van der Waals surface area (Å²) in [7, 11) is 3.22. The number of benzene rings is 1. The zero-order chi connectivity index (χ0) is 20.3. The number of halogens is 1. The molecule has 148 valence electrons. The number of nitrogens with one attached hydrogen (secondary N) is 1. The van der Waals surface area contributed by atoms with Crippen LogP contribution in [-0.2, 0) is 12.8 Å². The Bertz CT molecular complexity index is 1010. The second kappa shape index (κ2) is 8.65. The van der Waals surface area contributed by atoms with E-state index in [0.717, 1.165) is 26.9 Å². The van der Waals surface area contributed by atoms with Crippen molar-refractivity contribution in [2.45, 2.75) is 26.7 Å².